The number of hydrogen-bond acceptors (Lipinski definition) is 1. The van der Waals surface area contributed by atoms with Gasteiger partial charge in [0.25, 0.3) is 0 Å². The zero-order valence-corrected chi connectivity index (χ0v) is 12.8. The van der Waals surface area contributed by atoms with Crippen LogP contribution in [0.4, 0.5) is 4.39 Å². The Hall–Kier alpha value is -1.67. The topological polar surface area (TPSA) is 12.0 Å². The van der Waals surface area contributed by atoms with Crippen LogP contribution in [0.2, 0.25) is 0 Å². The lowest BCUT2D eigenvalue weighted by Crippen LogP contribution is -2.19. The third kappa shape index (κ3) is 2.61. The normalized spacial score (nSPS) is 12.5. The molecule has 0 heterocycles. The molecule has 0 aliphatic rings. The Morgan fingerprint density at radius 2 is 1.55 bits per heavy atom. The molecule has 0 fully saturated rings. The van der Waals surface area contributed by atoms with Crippen molar-refractivity contribution in [2.24, 2.45) is 0 Å². The number of benzene rings is 2. The van der Waals surface area contributed by atoms with Crippen molar-refractivity contribution in [1.29, 1.82) is 0 Å². The van der Waals surface area contributed by atoms with Gasteiger partial charge in [-0.3, -0.25) is 0 Å². The summed E-state index contributed by atoms with van der Waals surface area (Å²) in [6, 6.07) is 10.3. The van der Waals surface area contributed by atoms with Gasteiger partial charge in [0.05, 0.1) is 6.04 Å². The summed E-state index contributed by atoms with van der Waals surface area (Å²) in [5.41, 5.74) is 6.32. The predicted molar refractivity (Wildman–Crippen MR) is 82.7 cm³/mol. The Morgan fingerprint density at radius 1 is 0.950 bits per heavy atom. The van der Waals surface area contributed by atoms with Crippen molar-refractivity contribution in [3.05, 3.63) is 69.5 Å². The van der Waals surface area contributed by atoms with E-state index >= 15 is 0 Å². The summed E-state index contributed by atoms with van der Waals surface area (Å²) in [4.78, 5) is 0. The Bertz CT molecular complexity index is 608. The fourth-order valence-corrected chi connectivity index (χ4v) is 2.73. The number of hydrogen-bond donors (Lipinski definition) is 1. The largest absolute Gasteiger partial charge is 0.309 e. The fraction of sp³-hybridized carbons (Fsp3) is 0.333. The van der Waals surface area contributed by atoms with Gasteiger partial charge in [0.15, 0.2) is 0 Å². The molecule has 0 bridgehead atoms. The predicted octanol–water partition coefficient (Wildman–Crippen LogP) is 4.37. The van der Waals surface area contributed by atoms with E-state index < -0.39 is 0 Å². The molecular weight excluding hydrogens is 249 g/mol. The Labute approximate surface area is 120 Å². The van der Waals surface area contributed by atoms with Crippen molar-refractivity contribution in [2.75, 3.05) is 7.05 Å². The Morgan fingerprint density at radius 3 is 2.10 bits per heavy atom. The van der Waals surface area contributed by atoms with Crippen molar-refractivity contribution in [3.8, 4) is 0 Å². The fourth-order valence-electron chi connectivity index (χ4n) is 2.73. The Balaban J connectivity index is 2.55. The molecule has 0 aliphatic carbocycles. The van der Waals surface area contributed by atoms with Gasteiger partial charge in [-0.25, -0.2) is 4.39 Å². The summed E-state index contributed by atoms with van der Waals surface area (Å²) in [7, 11) is 1.94. The maximum absolute atomic E-state index is 13.8. The number of rotatable bonds is 3. The monoisotopic (exact) mass is 271 g/mol. The molecule has 20 heavy (non-hydrogen) atoms. The molecule has 1 N–H and O–H groups in total. The third-order valence-corrected chi connectivity index (χ3v) is 4.04. The van der Waals surface area contributed by atoms with Crippen LogP contribution >= 0.6 is 0 Å². The van der Waals surface area contributed by atoms with Gasteiger partial charge in [-0.1, -0.05) is 30.3 Å². The lowest BCUT2D eigenvalue weighted by molar-refractivity contribution is 0.604. The van der Waals surface area contributed by atoms with Gasteiger partial charge in [-0.05, 0) is 68.1 Å². The minimum Gasteiger partial charge on any atom is -0.309 e. The van der Waals surface area contributed by atoms with Crippen LogP contribution in [0.5, 0.6) is 0 Å². The van der Waals surface area contributed by atoms with Gasteiger partial charge in [0.1, 0.15) is 5.82 Å². The molecule has 0 saturated heterocycles. The molecule has 1 nitrogen and oxygen atoms in total. The smallest absolute Gasteiger partial charge is 0.129 e. The second-order valence-corrected chi connectivity index (χ2v) is 5.48. The molecule has 2 rings (SSSR count). The highest BCUT2D eigenvalue weighted by atomic mass is 19.1. The van der Waals surface area contributed by atoms with E-state index in [4.69, 9.17) is 0 Å². The van der Waals surface area contributed by atoms with Crippen LogP contribution in [0.1, 0.15) is 39.4 Å². The van der Waals surface area contributed by atoms with Gasteiger partial charge in [-0.2, -0.15) is 0 Å². The number of nitrogens with one attached hydrogen (secondary N) is 1. The van der Waals surface area contributed by atoms with Crippen molar-refractivity contribution in [2.45, 2.75) is 33.7 Å². The molecule has 0 saturated carbocycles. The lowest BCUT2D eigenvalue weighted by Gasteiger charge is -2.21. The van der Waals surface area contributed by atoms with Crippen LogP contribution < -0.4 is 5.32 Å². The van der Waals surface area contributed by atoms with E-state index in [1.807, 2.05) is 33.0 Å². The number of aryl methyl sites for hydroxylation is 3. The van der Waals surface area contributed by atoms with Crippen molar-refractivity contribution in [3.63, 3.8) is 0 Å². The maximum atomic E-state index is 13.8. The van der Waals surface area contributed by atoms with Crippen LogP contribution in [0.3, 0.4) is 0 Å². The average Bonchev–Trinajstić information content (AvgIpc) is 2.41. The van der Waals surface area contributed by atoms with Crippen LogP contribution in [-0.4, -0.2) is 7.05 Å². The van der Waals surface area contributed by atoms with Crippen molar-refractivity contribution < 1.29 is 4.39 Å². The van der Waals surface area contributed by atoms with Gasteiger partial charge in [0, 0.05) is 0 Å². The molecule has 2 aromatic rings. The summed E-state index contributed by atoms with van der Waals surface area (Å²) in [6.07, 6.45) is 0. The van der Waals surface area contributed by atoms with Crippen LogP contribution in [-0.2, 0) is 0 Å². The molecule has 1 atom stereocenters. The summed E-state index contributed by atoms with van der Waals surface area (Å²) in [6.45, 7) is 7.90. The number of halogens is 1. The summed E-state index contributed by atoms with van der Waals surface area (Å²) in [5.74, 6) is -0.107. The van der Waals surface area contributed by atoms with Gasteiger partial charge >= 0.3 is 0 Å². The molecular formula is C18H22FN. The standard InChI is InChI=1S/C18H22FN/c1-11-7-6-8-16(14(11)4)18(20-5)15-9-12(2)17(19)13(3)10-15/h6-10,18,20H,1-5H3. The highest BCUT2D eigenvalue weighted by molar-refractivity contribution is 5.43. The first-order chi connectivity index (χ1) is 9.45. The molecule has 0 aromatic heterocycles. The van der Waals surface area contributed by atoms with E-state index in [0.29, 0.717) is 11.1 Å². The van der Waals surface area contributed by atoms with E-state index in [9.17, 15) is 4.39 Å². The van der Waals surface area contributed by atoms with E-state index in [0.717, 1.165) is 5.56 Å². The van der Waals surface area contributed by atoms with Crippen LogP contribution in [0.25, 0.3) is 0 Å². The zero-order chi connectivity index (χ0) is 14.9. The van der Waals surface area contributed by atoms with Crippen molar-refractivity contribution in [1.82, 2.24) is 5.32 Å². The third-order valence-electron chi connectivity index (χ3n) is 4.04. The van der Waals surface area contributed by atoms with Crippen LogP contribution in [0, 0.1) is 33.5 Å². The van der Waals surface area contributed by atoms with E-state index in [1.165, 1.54) is 16.7 Å². The molecule has 2 aromatic carbocycles. The highest BCUT2D eigenvalue weighted by Gasteiger charge is 2.17. The molecule has 1 unspecified atom stereocenters. The summed E-state index contributed by atoms with van der Waals surface area (Å²) < 4.78 is 13.8. The Kier molecular flexibility index (Phi) is 4.24. The molecule has 0 radical (unpaired) electrons. The molecule has 106 valence electrons. The van der Waals surface area contributed by atoms with E-state index in [-0.39, 0.29) is 11.9 Å². The van der Waals surface area contributed by atoms with Gasteiger partial charge in [0.2, 0.25) is 0 Å². The first-order valence-electron chi connectivity index (χ1n) is 6.95. The first-order valence-corrected chi connectivity index (χ1v) is 6.95. The SMILES string of the molecule is CNC(c1cc(C)c(F)c(C)c1)c1cccc(C)c1C. The summed E-state index contributed by atoms with van der Waals surface area (Å²) >= 11 is 0. The van der Waals surface area contributed by atoms with Gasteiger partial charge < -0.3 is 5.32 Å². The highest BCUT2D eigenvalue weighted by Crippen LogP contribution is 2.28. The second-order valence-electron chi connectivity index (χ2n) is 5.48. The molecule has 2 heteroatoms. The minimum atomic E-state index is -0.107. The molecule has 0 amide bonds. The van der Waals surface area contributed by atoms with Gasteiger partial charge in [-0.15, -0.1) is 0 Å². The lowest BCUT2D eigenvalue weighted by atomic mass is 9.91. The van der Waals surface area contributed by atoms with Crippen molar-refractivity contribution >= 4 is 0 Å². The summed E-state index contributed by atoms with van der Waals surface area (Å²) in [5, 5.41) is 3.35. The second kappa shape index (κ2) is 5.76. The average molecular weight is 271 g/mol. The van der Waals surface area contributed by atoms with E-state index in [2.05, 4.69) is 37.4 Å². The van der Waals surface area contributed by atoms with Crippen LogP contribution in [0.15, 0.2) is 30.3 Å². The molecule has 0 spiro atoms. The first kappa shape index (κ1) is 14.7. The maximum Gasteiger partial charge on any atom is 0.129 e. The zero-order valence-electron chi connectivity index (χ0n) is 12.8. The quantitative estimate of drug-likeness (QED) is 0.874. The minimum absolute atomic E-state index is 0.0906. The van der Waals surface area contributed by atoms with E-state index in [1.54, 1.807) is 0 Å². The molecule has 0 aliphatic heterocycles.